The molecule has 1 aromatic carbocycles. The summed E-state index contributed by atoms with van der Waals surface area (Å²) in [5, 5.41) is 4.10. The SMILES string of the molecule is CCn1cc(COc2ccc(OC(F)(F)F)c(Br)c2)cn1. The largest absolute Gasteiger partial charge is 0.573 e. The maximum absolute atomic E-state index is 12.1. The van der Waals surface area contributed by atoms with Gasteiger partial charge in [-0.2, -0.15) is 5.10 Å². The van der Waals surface area contributed by atoms with Gasteiger partial charge in [0.05, 0.1) is 10.7 Å². The average Bonchev–Trinajstić information content (AvgIpc) is 2.86. The van der Waals surface area contributed by atoms with Crippen LogP contribution in [0, 0.1) is 0 Å². The zero-order valence-electron chi connectivity index (χ0n) is 11.0. The van der Waals surface area contributed by atoms with E-state index in [1.54, 1.807) is 10.9 Å². The zero-order chi connectivity index (χ0) is 15.5. The van der Waals surface area contributed by atoms with Gasteiger partial charge in [0, 0.05) is 18.3 Å². The molecule has 2 rings (SSSR count). The van der Waals surface area contributed by atoms with E-state index < -0.39 is 6.36 Å². The number of hydrogen-bond acceptors (Lipinski definition) is 3. The Bertz CT molecular complexity index is 614. The van der Waals surface area contributed by atoms with Crippen LogP contribution < -0.4 is 9.47 Å². The number of benzene rings is 1. The van der Waals surface area contributed by atoms with Gasteiger partial charge in [0.15, 0.2) is 0 Å². The van der Waals surface area contributed by atoms with Crippen molar-refractivity contribution in [2.24, 2.45) is 0 Å². The summed E-state index contributed by atoms with van der Waals surface area (Å²) in [5.41, 5.74) is 0.878. The van der Waals surface area contributed by atoms with E-state index in [2.05, 4.69) is 25.8 Å². The molecule has 0 radical (unpaired) electrons. The molecule has 0 saturated carbocycles. The Morgan fingerprint density at radius 2 is 2.10 bits per heavy atom. The molecule has 1 aromatic heterocycles. The Hall–Kier alpha value is -1.70. The normalized spacial score (nSPS) is 11.5. The Kier molecular flexibility index (Phi) is 4.76. The van der Waals surface area contributed by atoms with E-state index in [1.807, 2.05) is 13.1 Å². The minimum Gasteiger partial charge on any atom is -0.489 e. The van der Waals surface area contributed by atoms with Crippen LogP contribution in [0.15, 0.2) is 35.1 Å². The lowest BCUT2D eigenvalue weighted by Crippen LogP contribution is -2.17. The highest BCUT2D eigenvalue weighted by Crippen LogP contribution is 2.33. The second-order valence-electron chi connectivity index (χ2n) is 4.13. The first-order valence-corrected chi connectivity index (χ1v) is 6.86. The standard InChI is InChI=1S/C13H12BrF3N2O2/c1-2-19-7-9(6-18-19)8-20-10-3-4-12(11(14)5-10)21-13(15,16)17/h3-7H,2,8H2,1H3. The van der Waals surface area contributed by atoms with E-state index in [0.717, 1.165) is 12.1 Å². The highest BCUT2D eigenvalue weighted by atomic mass is 79.9. The minimum absolute atomic E-state index is 0.168. The summed E-state index contributed by atoms with van der Waals surface area (Å²) >= 11 is 3.02. The van der Waals surface area contributed by atoms with Gasteiger partial charge in [0.1, 0.15) is 18.1 Å². The third-order valence-electron chi connectivity index (χ3n) is 2.55. The quantitative estimate of drug-likeness (QED) is 0.799. The molecule has 0 bridgehead atoms. The molecule has 0 aliphatic rings. The fourth-order valence-electron chi connectivity index (χ4n) is 1.60. The summed E-state index contributed by atoms with van der Waals surface area (Å²) in [4.78, 5) is 0. The summed E-state index contributed by atoms with van der Waals surface area (Å²) in [6.45, 7) is 3.01. The monoisotopic (exact) mass is 364 g/mol. The van der Waals surface area contributed by atoms with Crippen LogP contribution in [0.3, 0.4) is 0 Å². The van der Waals surface area contributed by atoms with Gasteiger partial charge in [-0.15, -0.1) is 13.2 Å². The minimum atomic E-state index is -4.72. The molecule has 21 heavy (non-hydrogen) atoms. The Morgan fingerprint density at radius 3 is 2.67 bits per heavy atom. The predicted octanol–water partition coefficient (Wildman–Crippen LogP) is 4.14. The van der Waals surface area contributed by atoms with Gasteiger partial charge in [0.25, 0.3) is 0 Å². The Balaban J connectivity index is 1.99. The predicted molar refractivity (Wildman–Crippen MR) is 73.1 cm³/mol. The van der Waals surface area contributed by atoms with Gasteiger partial charge in [-0.1, -0.05) is 0 Å². The number of hydrogen-bond donors (Lipinski definition) is 0. The van der Waals surface area contributed by atoms with Crippen molar-refractivity contribution in [1.82, 2.24) is 9.78 Å². The highest BCUT2D eigenvalue weighted by Gasteiger charge is 2.31. The lowest BCUT2D eigenvalue weighted by Gasteiger charge is -2.12. The number of alkyl halides is 3. The van der Waals surface area contributed by atoms with Crippen molar-refractivity contribution in [3.63, 3.8) is 0 Å². The van der Waals surface area contributed by atoms with Crippen LogP contribution in [0.25, 0.3) is 0 Å². The van der Waals surface area contributed by atoms with Crippen molar-refractivity contribution >= 4 is 15.9 Å². The van der Waals surface area contributed by atoms with E-state index >= 15 is 0 Å². The first-order valence-electron chi connectivity index (χ1n) is 6.07. The maximum atomic E-state index is 12.1. The van der Waals surface area contributed by atoms with Crippen molar-refractivity contribution in [3.8, 4) is 11.5 Å². The second-order valence-corrected chi connectivity index (χ2v) is 4.99. The van der Waals surface area contributed by atoms with E-state index in [9.17, 15) is 13.2 Å². The van der Waals surface area contributed by atoms with Crippen molar-refractivity contribution in [3.05, 3.63) is 40.6 Å². The number of ether oxygens (including phenoxy) is 2. The first-order chi connectivity index (χ1) is 9.87. The number of aryl methyl sites for hydroxylation is 1. The highest BCUT2D eigenvalue weighted by molar-refractivity contribution is 9.10. The number of nitrogens with zero attached hydrogens (tertiary/aromatic N) is 2. The molecule has 0 aliphatic carbocycles. The molecule has 0 N–H and O–H groups in total. The molecule has 2 aromatic rings. The van der Waals surface area contributed by atoms with Crippen LogP contribution in [0.5, 0.6) is 11.5 Å². The van der Waals surface area contributed by atoms with Gasteiger partial charge < -0.3 is 9.47 Å². The first kappa shape index (κ1) is 15.7. The van der Waals surface area contributed by atoms with Crippen LogP contribution in [0.2, 0.25) is 0 Å². The van der Waals surface area contributed by atoms with Gasteiger partial charge >= 0.3 is 6.36 Å². The average molecular weight is 365 g/mol. The van der Waals surface area contributed by atoms with Gasteiger partial charge in [0.2, 0.25) is 0 Å². The van der Waals surface area contributed by atoms with Crippen LogP contribution in [-0.4, -0.2) is 16.1 Å². The van der Waals surface area contributed by atoms with Gasteiger partial charge in [-0.3, -0.25) is 4.68 Å². The molecule has 4 nitrogen and oxygen atoms in total. The lowest BCUT2D eigenvalue weighted by atomic mass is 10.3. The van der Waals surface area contributed by atoms with Crippen molar-refractivity contribution in [2.75, 3.05) is 0 Å². The summed E-state index contributed by atoms with van der Waals surface area (Å²) in [6.07, 6.45) is -1.20. The molecular weight excluding hydrogens is 353 g/mol. The number of halogens is 4. The topological polar surface area (TPSA) is 36.3 Å². The Morgan fingerprint density at radius 1 is 1.33 bits per heavy atom. The third-order valence-corrected chi connectivity index (χ3v) is 3.16. The molecule has 8 heteroatoms. The molecule has 0 unspecified atom stereocenters. The van der Waals surface area contributed by atoms with Crippen LogP contribution in [0.1, 0.15) is 12.5 Å². The van der Waals surface area contributed by atoms with Crippen LogP contribution in [-0.2, 0) is 13.2 Å². The fraction of sp³-hybridized carbons (Fsp3) is 0.308. The summed E-state index contributed by atoms with van der Waals surface area (Å²) in [6, 6.07) is 4.03. The summed E-state index contributed by atoms with van der Waals surface area (Å²) in [5.74, 6) is 0.120. The van der Waals surface area contributed by atoms with Crippen LogP contribution in [0.4, 0.5) is 13.2 Å². The molecule has 0 saturated heterocycles. The van der Waals surface area contributed by atoms with E-state index in [-0.39, 0.29) is 16.8 Å². The molecule has 114 valence electrons. The van der Waals surface area contributed by atoms with Gasteiger partial charge in [-0.25, -0.2) is 0 Å². The van der Waals surface area contributed by atoms with Crippen molar-refractivity contribution < 1.29 is 22.6 Å². The van der Waals surface area contributed by atoms with Gasteiger partial charge in [-0.05, 0) is 41.1 Å². The smallest absolute Gasteiger partial charge is 0.489 e. The molecular formula is C13H12BrF3N2O2. The summed E-state index contributed by atoms with van der Waals surface area (Å²) < 4.78 is 47.7. The number of rotatable bonds is 5. The Labute approximate surface area is 127 Å². The summed E-state index contributed by atoms with van der Waals surface area (Å²) in [7, 11) is 0. The molecule has 0 aliphatic heterocycles. The molecule has 0 spiro atoms. The zero-order valence-corrected chi connectivity index (χ0v) is 12.6. The third kappa shape index (κ3) is 4.66. The molecule has 0 amide bonds. The number of aromatic nitrogens is 2. The van der Waals surface area contributed by atoms with Crippen LogP contribution >= 0.6 is 15.9 Å². The van der Waals surface area contributed by atoms with E-state index in [1.165, 1.54) is 18.2 Å². The maximum Gasteiger partial charge on any atom is 0.573 e. The fourth-order valence-corrected chi connectivity index (χ4v) is 2.04. The molecule has 1 heterocycles. The molecule has 0 atom stereocenters. The van der Waals surface area contributed by atoms with E-state index in [0.29, 0.717) is 5.75 Å². The molecule has 0 fully saturated rings. The van der Waals surface area contributed by atoms with E-state index in [4.69, 9.17) is 4.74 Å². The second kappa shape index (κ2) is 6.38. The van der Waals surface area contributed by atoms with Crippen molar-refractivity contribution in [2.45, 2.75) is 26.4 Å². The van der Waals surface area contributed by atoms with Crippen molar-refractivity contribution in [1.29, 1.82) is 0 Å². The lowest BCUT2D eigenvalue weighted by molar-refractivity contribution is -0.274.